The standard InChI is InChI=1S/C6H6F2N2O/c1-10-3-9-4(6(7)8)2-5(10)11/h2-3,6H,1H3. The first kappa shape index (κ1) is 7.84. The average molecular weight is 160 g/mol. The van der Waals surface area contributed by atoms with Gasteiger partial charge in [-0.25, -0.2) is 13.8 Å². The van der Waals surface area contributed by atoms with Gasteiger partial charge in [-0.2, -0.15) is 0 Å². The van der Waals surface area contributed by atoms with Crippen LogP contribution in [0.15, 0.2) is 17.2 Å². The fourth-order valence-electron chi connectivity index (χ4n) is 0.595. The van der Waals surface area contributed by atoms with Crippen molar-refractivity contribution < 1.29 is 8.78 Å². The SMILES string of the molecule is Cn1cnc(C(F)F)cc1=O. The summed E-state index contributed by atoms with van der Waals surface area (Å²) >= 11 is 0. The topological polar surface area (TPSA) is 34.9 Å². The van der Waals surface area contributed by atoms with Crippen molar-refractivity contribution in [3.63, 3.8) is 0 Å². The number of alkyl halides is 2. The first-order valence-electron chi connectivity index (χ1n) is 2.92. The Hall–Kier alpha value is -1.26. The zero-order chi connectivity index (χ0) is 8.43. The van der Waals surface area contributed by atoms with Crippen molar-refractivity contribution in [3.05, 3.63) is 28.4 Å². The third-order valence-electron chi connectivity index (χ3n) is 1.22. The molecule has 1 aromatic heterocycles. The van der Waals surface area contributed by atoms with E-state index in [-0.39, 0.29) is 0 Å². The highest BCUT2D eigenvalue weighted by Crippen LogP contribution is 2.12. The molecule has 3 nitrogen and oxygen atoms in total. The lowest BCUT2D eigenvalue weighted by Gasteiger charge is -1.98. The van der Waals surface area contributed by atoms with Crippen molar-refractivity contribution in [1.29, 1.82) is 0 Å². The van der Waals surface area contributed by atoms with E-state index in [4.69, 9.17) is 0 Å². The second-order valence-electron chi connectivity index (χ2n) is 2.06. The van der Waals surface area contributed by atoms with Gasteiger partial charge in [0.25, 0.3) is 12.0 Å². The monoisotopic (exact) mass is 160 g/mol. The zero-order valence-electron chi connectivity index (χ0n) is 5.79. The van der Waals surface area contributed by atoms with Crippen LogP contribution in [0.4, 0.5) is 8.78 Å². The molecule has 0 saturated heterocycles. The van der Waals surface area contributed by atoms with E-state index in [0.29, 0.717) is 0 Å². The van der Waals surface area contributed by atoms with E-state index in [2.05, 4.69) is 4.98 Å². The van der Waals surface area contributed by atoms with E-state index in [1.54, 1.807) is 0 Å². The lowest BCUT2D eigenvalue weighted by Crippen LogP contribution is -2.16. The molecule has 0 unspecified atom stereocenters. The molecule has 0 fully saturated rings. The van der Waals surface area contributed by atoms with Crippen LogP contribution in [0.1, 0.15) is 12.1 Å². The smallest absolute Gasteiger partial charge is 0.280 e. The van der Waals surface area contributed by atoms with Crippen molar-refractivity contribution in [1.82, 2.24) is 9.55 Å². The summed E-state index contributed by atoms with van der Waals surface area (Å²) in [6.07, 6.45) is -1.60. The molecule has 1 heterocycles. The van der Waals surface area contributed by atoms with Crippen LogP contribution >= 0.6 is 0 Å². The Labute approximate surface area is 61.3 Å². The molecule has 0 atom stereocenters. The van der Waals surface area contributed by atoms with Crippen LogP contribution in [-0.2, 0) is 7.05 Å². The largest absolute Gasteiger partial charge is 0.302 e. The predicted molar refractivity (Wildman–Crippen MR) is 34.4 cm³/mol. The van der Waals surface area contributed by atoms with Crippen LogP contribution in [0.3, 0.4) is 0 Å². The molecule has 5 heteroatoms. The molecule has 1 aromatic rings. The highest BCUT2D eigenvalue weighted by Gasteiger charge is 2.08. The highest BCUT2D eigenvalue weighted by atomic mass is 19.3. The third-order valence-corrected chi connectivity index (χ3v) is 1.22. The van der Waals surface area contributed by atoms with Gasteiger partial charge in [-0.1, -0.05) is 0 Å². The van der Waals surface area contributed by atoms with Crippen molar-refractivity contribution >= 4 is 0 Å². The first-order valence-corrected chi connectivity index (χ1v) is 2.92. The second-order valence-corrected chi connectivity index (χ2v) is 2.06. The molecule has 0 radical (unpaired) electrons. The zero-order valence-corrected chi connectivity index (χ0v) is 5.79. The summed E-state index contributed by atoms with van der Waals surface area (Å²) < 4.78 is 24.9. The molecule has 0 aliphatic rings. The average Bonchev–Trinajstić information content (AvgIpc) is 1.94. The number of aryl methyl sites for hydroxylation is 1. The lowest BCUT2D eigenvalue weighted by molar-refractivity contribution is 0.145. The summed E-state index contributed by atoms with van der Waals surface area (Å²) in [4.78, 5) is 14.1. The molecule has 11 heavy (non-hydrogen) atoms. The van der Waals surface area contributed by atoms with Crippen molar-refractivity contribution in [2.24, 2.45) is 7.05 Å². The minimum absolute atomic E-state index is 0.477. The minimum atomic E-state index is -2.68. The Morgan fingerprint density at radius 2 is 2.27 bits per heavy atom. The van der Waals surface area contributed by atoms with Gasteiger partial charge in [0.1, 0.15) is 5.69 Å². The molecule has 0 spiro atoms. The van der Waals surface area contributed by atoms with Crippen LogP contribution in [0.5, 0.6) is 0 Å². The quantitative estimate of drug-likeness (QED) is 0.606. The van der Waals surface area contributed by atoms with Gasteiger partial charge in [0.15, 0.2) is 0 Å². The van der Waals surface area contributed by atoms with Crippen LogP contribution in [0, 0.1) is 0 Å². The minimum Gasteiger partial charge on any atom is -0.302 e. The number of halogens is 2. The molecule has 1 rings (SSSR count). The predicted octanol–water partition coefficient (Wildman–Crippen LogP) is 0.718. The van der Waals surface area contributed by atoms with Gasteiger partial charge < -0.3 is 4.57 Å². The maximum Gasteiger partial charge on any atom is 0.280 e. The molecular formula is C6H6F2N2O. The number of aromatic nitrogens is 2. The molecule has 0 aliphatic heterocycles. The van der Waals surface area contributed by atoms with Gasteiger partial charge in [-0.3, -0.25) is 4.79 Å². The Kier molecular flexibility index (Phi) is 1.98. The molecular weight excluding hydrogens is 154 g/mol. The van der Waals surface area contributed by atoms with Crippen LogP contribution < -0.4 is 5.56 Å². The lowest BCUT2D eigenvalue weighted by atomic mass is 10.4. The van der Waals surface area contributed by atoms with Crippen LogP contribution in [0.2, 0.25) is 0 Å². The summed E-state index contributed by atoms with van der Waals surface area (Å²) in [5.74, 6) is 0. The van der Waals surface area contributed by atoms with Crippen molar-refractivity contribution in [3.8, 4) is 0 Å². The highest BCUT2D eigenvalue weighted by molar-refractivity contribution is 5.00. The molecule has 0 aliphatic carbocycles. The molecule has 0 bridgehead atoms. The molecule has 0 amide bonds. The van der Waals surface area contributed by atoms with E-state index in [9.17, 15) is 13.6 Å². The Balaban J connectivity index is 3.16. The van der Waals surface area contributed by atoms with Gasteiger partial charge in [0.2, 0.25) is 0 Å². The van der Waals surface area contributed by atoms with Crippen LogP contribution in [0.25, 0.3) is 0 Å². The fourth-order valence-corrected chi connectivity index (χ4v) is 0.595. The van der Waals surface area contributed by atoms with Crippen molar-refractivity contribution in [2.45, 2.75) is 6.43 Å². The normalized spacial score (nSPS) is 10.5. The van der Waals surface area contributed by atoms with E-state index in [0.717, 1.165) is 17.0 Å². The number of hydrogen-bond donors (Lipinski definition) is 0. The maximum atomic E-state index is 11.9. The number of nitrogens with zero attached hydrogens (tertiary/aromatic N) is 2. The molecule has 0 aromatic carbocycles. The summed E-state index contributed by atoms with van der Waals surface area (Å²) in [6.45, 7) is 0. The van der Waals surface area contributed by atoms with Gasteiger partial charge in [-0.05, 0) is 0 Å². The van der Waals surface area contributed by atoms with Gasteiger partial charge in [-0.15, -0.1) is 0 Å². The number of hydrogen-bond acceptors (Lipinski definition) is 2. The van der Waals surface area contributed by atoms with Gasteiger partial charge >= 0.3 is 0 Å². The first-order chi connectivity index (χ1) is 5.11. The second kappa shape index (κ2) is 2.77. The third kappa shape index (κ3) is 1.60. The van der Waals surface area contributed by atoms with Crippen LogP contribution in [-0.4, -0.2) is 9.55 Å². The molecule has 0 saturated carbocycles. The number of rotatable bonds is 1. The Morgan fingerprint density at radius 1 is 1.64 bits per heavy atom. The Bertz CT molecular complexity index is 308. The molecule has 60 valence electrons. The van der Waals surface area contributed by atoms with Crippen molar-refractivity contribution in [2.75, 3.05) is 0 Å². The van der Waals surface area contributed by atoms with E-state index in [1.165, 1.54) is 7.05 Å². The summed E-state index contributed by atoms with van der Waals surface area (Å²) in [7, 11) is 1.45. The van der Waals surface area contributed by atoms with E-state index < -0.39 is 17.7 Å². The maximum absolute atomic E-state index is 11.9. The Morgan fingerprint density at radius 3 is 2.73 bits per heavy atom. The summed E-state index contributed by atoms with van der Waals surface area (Å²) in [6, 6.07) is 0.824. The van der Waals surface area contributed by atoms with E-state index in [1.807, 2.05) is 0 Å². The summed E-state index contributed by atoms with van der Waals surface area (Å²) in [5.41, 5.74) is -0.955. The summed E-state index contributed by atoms with van der Waals surface area (Å²) in [5, 5.41) is 0. The van der Waals surface area contributed by atoms with Gasteiger partial charge in [0.05, 0.1) is 6.33 Å². The molecule has 0 N–H and O–H groups in total. The van der Waals surface area contributed by atoms with Gasteiger partial charge in [0, 0.05) is 13.1 Å². The van der Waals surface area contributed by atoms with E-state index >= 15 is 0 Å². The fraction of sp³-hybridized carbons (Fsp3) is 0.333.